The highest BCUT2D eigenvalue weighted by Gasteiger charge is 2.22. The molecule has 0 fully saturated rings. The molecule has 4 rings (SSSR count). The molecule has 0 bridgehead atoms. The lowest BCUT2D eigenvalue weighted by molar-refractivity contribution is 0.0512. The summed E-state index contributed by atoms with van der Waals surface area (Å²) in [6, 6.07) is 14.8. The van der Waals surface area contributed by atoms with Crippen molar-refractivity contribution in [2.45, 2.75) is 13.3 Å². The molecular formula is C22H18Cl2N4O3. The molecule has 4 aromatic rings. The number of hydrogen-bond donors (Lipinski definition) is 1. The smallest absolute Gasteiger partial charge is 0.376 e. The van der Waals surface area contributed by atoms with Crippen molar-refractivity contribution < 1.29 is 14.1 Å². The van der Waals surface area contributed by atoms with Crippen LogP contribution in [0.1, 0.15) is 23.1 Å². The van der Waals surface area contributed by atoms with Gasteiger partial charge in [0, 0.05) is 22.2 Å². The molecule has 0 amide bonds. The number of nitrogens with zero attached hydrogens (tertiary/aromatic N) is 3. The van der Waals surface area contributed by atoms with Crippen LogP contribution in [0.15, 0.2) is 53.1 Å². The van der Waals surface area contributed by atoms with Crippen LogP contribution in [0.5, 0.6) is 0 Å². The van der Waals surface area contributed by atoms with E-state index in [1.165, 1.54) is 0 Å². The predicted octanol–water partition coefficient (Wildman–Crippen LogP) is 5.42. The molecule has 7 nitrogen and oxygen atoms in total. The predicted molar refractivity (Wildman–Crippen MR) is 120 cm³/mol. The Morgan fingerprint density at radius 1 is 1.10 bits per heavy atom. The molecule has 0 aliphatic heterocycles. The number of aromatic nitrogens is 3. The zero-order chi connectivity index (χ0) is 21.8. The van der Waals surface area contributed by atoms with E-state index in [0.717, 1.165) is 11.1 Å². The van der Waals surface area contributed by atoms with Crippen LogP contribution in [0.25, 0.3) is 22.4 Å². The summed E-state index contributed by atoms with van der Waals surface area (Å²) >= 11 is 12.3. The first-order valence-corrected chi connectivity index (χ1v) is 10.4. The Kier molecular flexibility index (Phi) is 6.34. The molecule has 2 aromatic carbocycles. The second-order valence-electron chi connectivity index (χ2n) is 6.60. The first-order valence-electron chi connectivity index (χ1n) is 9.64. The lowest BCUT2D eigenvalue weighted by Gasteiger charge is -2.10. The van der Waals surface area contributed by atoms with E-state index in [9.17, 15) is 4.79 Å². The van der Waals surface area contributed by atoms with Crippen LogP contribution in [-0.4, -0.2) is 34.2 Å². The van der Waals surface area contributed by atoms with Crippen molar-refractivity contribution in [3.63, 3.8) is 0 Å². The first-order chi connectivity index (χ1) is 15.1. The Morgan fingerprint density at radius 3 is 2.61 bits per heavy atom. The summed E-state index contributed by atoms with van der Waals surface area (Å²) < 4.78 is 10.5. The number of fused-ring (bicyclic) bond motifs is 1. The highest BCUT2D eigenvalue weighted by molar-refractivity contribution is 6.31. The second-order valence-corrected chi connectivity index (χ2v) is 7.45. The molecule has 0 atom stereocenters. The molecule has 1 N–H and O–H groups in total. The molecule has 9 heteroatoms. The Balaban J connectivity index is 1.72. The number of ether oxygens (including phenoxy) is 1. The van der Waals surface area contributed by atoms with Gasteiger partial charge in [-0.2, -0.15) is 4.98 Å². The number of nitrogens with one attached hydrogen (secondary N) is 1. The molecule has 0 aliphatic rings. The van der Waals surface area contributed by atoms with Gasteiger partial charge in [0.05, 0.1) is 6.61 Å². The number of carbonyl (C=O) groups excluding carboxylic acids is 1. The van der Waals surface area contributed by atoms with E-state index in [0.29, 0.717) is 39.9 Å². The average molecular weight is 457 g/mol. The van der Waals surface area contributed by atoms with E-state index in [1.54, 1.807) is 19.1 Å². The summed E-state index contributed by atoms with van der Waals surface area (Å²) in [5, 5.41) is 9.28. The van der Waals surface area contributed by atoms with Crippen LogP contribution in [0.2, 0.25) is 10.0 Å². The lowest BCUT2D eigenvalue weighted by Crippen LogP contribution is -2.13. The maximum atomic E-state index is 12.2. The summed E-state index contributed by atoms with van der Waals surface area (Å²) in [7, 11) is 0. The maximum absolute atomic E-state index is 12.2. The third-order valence-corrected chi connectivity index (χ3v) is 5.18. The van der Waals surface area contributed by atoms with Crippen LogP contribution in [0, 0.1) is 0 Å². The van der Waals surface area contributed by atoms with E-state index in [4.69, 9.17) is 32.5 Å². The van der Waals surface area contributed by atoms with E-state index >= 15 is 0 Å². The number of rotatable bonds is 7. The fourth-order valence-corrected chi connectivity index (χ4v) is 3.45. The second kappa shape index (κ2) is 9.32. The lowest BCUT2D eigenvalue weighted by atomic mass is 10.1. The van der Waals surface area contributed by atoms with Gasteiger partial charge in [-0.25, -0.2) is 9.78 Å². The van der Waals surface area contributed by atoms with Gasteiger partial charge in [0.15, 0.2) is 0 Å². The highest BCUT2D eigenvalue weighted by Crippen LogP contribution is 2.32. The first kappa shape index (κ1) is 21.1. The third kappa shape index (κ3) is 4.62. The van der Waals surface area contributed by atoms with Crippen molar-refractivity contribution in [3.8, 4) is 11.3 Å². The number of benzene rings is 2. The van der Waals surface area contributed by atoms with Gasteiger partial charge in [0.1, 0.15) is 16.9 Å². The zero-order valence-corrected chi connectivity index (χ0v) is 18.1. The van der Waals surface area contributed by atoms with Crippen LogP contribution >= 0.6 is 23.2 Å². The average Bonchev–Trinajstić information content (AvgIpc) is 3.20. The summed E-state index contributed by atoms with van der Waals surface area (Å²) in [4.78, 5) is 20.8. The fraction of sp³-hybridized carbons (Fsp3) is 0.182. The van der Waals surface area contributed by atoms with Gasteiger partial charge >= 0.3 is 5.97 Å². The number of anilines is 1. The van der Waals surface area contributed by atoms with Crippen LogP contribution < -0.4 is 5.32 Å². The van der Waals surface area contributed by atoms with E-state index in [-0.39, 0.29) is 18.1 Å². The molecule has 0 saturated heterocycles. The normalized spacial score (nSPS) is 10.9. The topological polar surface area (TPSA) is 90.1 Å². The van der Waals surface area contributed by atoms with E-state index < -0.39 is 5.97 Å². The Labute approximate surface area is 188 Å². The molecule has 0 aliphatic carbocycles. The third-order valence-electron chi connectivity index (χ3n) is 4.56. The zero-order valence-electron chi connectivity index (χ0n) is 16.6. The van der Waals surface area contributed by atoms with Gasteiger partial charge in [-0.3, -0.25) is 0 Å². The summed E-state index contributed by atoms with van der Waals surface area (Å²) in [5.41, 5.74) is 2.51. The quantitative estimate of drug-likeness (QED) is 0.371. The van der Waals surface area contributed by atoms with Gasteiger partial charge in [-0.05, 0) is 37.1 Å². The summed E-state index contributed by atoms with van der Waals surface area (Å²) in [6.45, 7) is 2.44. The Morgan fingerprint density at radius 2 is 1.87 bits per heavy atom. The monoisotopic (exact) mass is 456 g/mol. The number of halogens is 2. The van der Waals surface area contributed by atoms with Gasteiger partial charge in [-0.1, -0.05) is 58.7 Å². The molecule has 31 heavy (non-hydrogen) atoms. The van der Waals surface area contributed by atoms with Gasteiger partial charge in [0.25, 0.3) is 5.71 Å². The molecule has 2 aromatic heterocycles. The van der Waals surface area contributed by atoms with Gasteiger partial charge in [-0.15, -0.1) is 0 Å². The van der Waals surface area contributed by atoms with Crippen molar-refractivity contribution in [1.82, 2.24) is 15.1 Å². The molecule has 2 heterocycles. The van der Waals surface area contributed by atoms with E-state index in [2.05, 4.69) is 20.4 Å². The minimum atomic E-state index is -0.636. The molecule has 158 valence electrons. The highest BCUT2D eigenvalue weighted by atomic mass is 35.5. The number of hydrogen-bond acceptors (Lipinski definition) is 7. The van der Waals surface area contributed by atoms with Crippen LogP contribution in [-0.2, 0) is 11.2 Å². The van der Waals surface area contributed by atoms with Crippen LogP contribution in [0.4, 0.5) is 5.82 Å². The number of esters is 1. The summed E-state index contributed by atoms with van der Waals surface area (Å²) in [6.07, 6.45) is 0.654. The Bertz CT molecular complexity index is 1230. The molecule has 0 spiro atoms. The van der Waals surface area contributed by atoms with Gasteiger partial charge < -0.3 is 14.6 Å². The largest absolute Gasteiger partial charge is 0.460 e. The fourth-order valence-electron chi connectivity index (χ4n) is 3.09. The van der Waals surface area contributed by atoms with Crippen LogP contribution in [0.3, 0.4) is 0 Å². The minimum absolute atomic E-state index is 0.103. The standard InChI is InChI=1S/C22H18Cl2N4O3/c1-2-30-22(29)20-26-19(25-12-11-13-5-3-4-6-16(13)24)17-18(28-31-21(17)27-20)14-7-9-15(23)10-8-14/h3-10H,2,11-12H2,1H3,(H,25,26,27). The Hall–Kier alpha value is -3.16. The number of carbonyl (C=O) groups is 1. The van der Waals surface area contributed by atoms with Crippen molar-refractivity contribution in [1.29, 1.82) is 0 Å². The van der Waals surface area contributed by atoms with Crippen molar-refractivity contribution in [2.75, 3.05) is 18.5 Å². The molecule has 0 unspecified atom stereocenters. The SMILES string of the molecule is CCOC(=O)c1nc(NCCc2ccccc2Cl)c2c(-c3ccc(Cl)cc3)noc2n1. The van der Waals surface area contributed by atoms with E-state index in [1.807, 2.05) is 36.4 Å². The van der Waals surface area contributed by atoms with Gasteiger partial charge in [0.2, 0.25) is 5.82 Å². The minimum Gasteiger partial charge on any atom is -0.460 e. The van der Waals surface area contributed by atoms with Crippen molar-refractivity contribution in [3.05, 3.63) is 70.0 Å². The van der Waals surface area contributed by atoms with Crippen molar-refractivity contribution >= 4 is 46.1 Å². The summed E-state index contributed by atoms with van der Waals surface area (Å²) in [5.74, 6) is -0.317. The molecule has 0 saturated carbocycles. The van der Waals surface area contributed by atoms with Crippen molar-refractivity contribution in [2.24, 2.45) is 0 Å². The molecule has 0 radical (unpaired) electrons. The molecular weight excluding hydrogens is 439 g/mol. The maximum Gasteiger partial charge on any atom is 0.376 e.